The molecule has 2 fully saturated rings. The van der Waals surface area contributed by atoms with Crippen molar-refractivity contribution in [2.45, 2.75) is 51.8 Å². The largest absolute Gasteiger partial charge is 0.377 e. The van der Waals surface area contributed by atoms with E-state index < -0.39 is 0 Å². The van der Waals surface area contributed by atoms with Crippen molar-refractivity contribution in [3.63, 3.8) is 0 Å². The molecule has 4 atom stereocenters. The average molecular weight is 294 g/mol. The lowest BCUT2D eigenvalue weighted by Crippen LogP contribution is -2.69. The quantitative estimate of drug-likeness (QED) is 0.902. The van der Waals surface area contributed by atoms with Gasteiger partial charge in [0.15, 0.2) is 0 Å². The first-order valence-electron chi connectivity index (χ1n) is 7.63. The summed E-state index contributed by atoms with van der Waals surface area (Å²) in [5, 5.41) is 4.62. The molecular formula is C17H24ClNO. The third-order valence-electron chi connectivity index (χ3n) is 5.13. The Hall–Kier alpha value is -0.570. The summed E-state index contributed by atoms with van der Waals surface area (Å²) in [6, 6.07) is 9.04. The highest BCUT2D eigenvalue weighted by Gasteiger charge is 2.57. The van der Waals surface area contributed by atoms with Crippen LogP contribution < -0.4 is 5.32 Å². The standard InChI is InChI=1S/C17H24ClNO/c1-11(12-6-8-13(18)9-7-12)19-15-14-5-4-10-20-16(14)17(15,2)3/h6-9,11,14-16,19H,4-5,10H2,1-3H3. The lowest BCUT2D eigenvalue weighted by Gasteiger charge is -2.60. The van der Waals surface area contributed by atoms with Crippen molar-refractivity contribution >= 4 is 11.6 Å². The molecule has 1 saturated heterocycles. The number of halogens is 1. The van der Waals surface area contributed by atoms with Crippen LogP contribution in [0.2, 0.25) is 5.02 Å². The Bertz CT molecular complexity index is 470. The van der Waals surface area contributed by atoms with Crippen LogP contribution in [0, 0.1) is 11.3 Å². The second kappa shape index (κ2) is 5.32. The Morgan fingerprint density at radius 1 is 1.30 bits per heavy atom. The fourth-order valence-electron chi connectivity index (χ4n) is 3.98. The lowest BCUT2D eigenvalue weighted by atomic mass is 9.55. The van der Waals surface area contributed by atoms with Gasteiger partial charge in [-0.15, -0.1) is 0 Å². The fraction of sp³-hybridized carbons (Fsp3) is 0.647. The van der Waals surface area contributed by atoms with Crippen LogP contribution in [0.15, 0.2) is 24.3 Å². The number of hydrogen-bond donors (Lipinski definition) is 1. The predicted octanol–water partition coefficient (Wildman–Crippen LogP) is 4.19. The molecule has 20 heavy (non-hydrogen) atoms. The van der Waals surface area contributed by atoms with Crippen LogP contribution in [0.1, 0.15) is 45.2 Å². The maximum Gasteiger partial charge on any atom is 0.0684 e. The van der Waals surface area contributed by atoms with E-state index in [1.54, 1.807) is 0 Å². The van der Waals surface area contributed by atoms with E-state index in [0.717, 1.165) is 11.6 Å². The van der Waals surface area contributed by atoms with E-state index in [1.165, 1.54) is 18.4 Å². The maximum absolute atomic E-state index is 5.97. The summed E-state index contributed by atoms with van der Waals surface area (Å²) < 4.78 is 5.97. The highest BCUT2D eigenvalue weighted by molar-refractivity contribution is 6.30. The van der Waals surface area contributed by atoms with Crippen LogP contribution in [0.5, 0.6) is 0 Å². The predicted molar refractivity (Wildman–Crippen MR) is 83.0 cm³/mol. The Labute approximate surface area is 126 Å². The number of ether oxygens (including phenoxy) is 1. The first-order chi connectivity index (χ1) is 9.50. The van der Waals surface area contributed by atoms with Gasteiger partial charge in [-0.3, -0.25) is 0 Å². The molecule has 0 spiro atoms. The second-order valence-electron chi connectivity index (χ2n) is 6.84. The van der Waals surface area contributed by atoms with Crippen LogP contribution in [0.25, 0.3) is 0 Å². The average Bonchev–Trinajstić information content (AvgIpc) is 2.45. The fourth-order valence-corrected chi connectivity index (χ4v) is 4.10. The van der Waals surface area contributed by atoms with Crippen LogP contribution >= 0.6 is 11.6 Å². The summed E-state index contributed by atoms with van der Waals surface area (Å²) in [5.41, 5.74) is 1.52. The van der Waals surface area contributed by atoms with Gasteiger partial charge in [0.25, 0.3) is 0 Å². The maximum atomic E-state index is 5.97. The van der Waals surface area contributed by atoms with Crippen molar-refractivity contribution in [1.82, 2.24) is 5.32 Å². The van der Waals surface area contributed by atoms with Crippen molar-refractivity contribution in [2.24, 2.45) is 11.3 Å². The summed E-state index contributed by atoms with van der Waals surface area (Å²) in [6.45, 7) is 7.82. The molecule has 0 bridgehead atoms. The molecule has 1 aromatic rings. The third kappa shape index (κ3) is 2.38. The van der Waals surface area contributed by atoms with Gasteiger partial charge in [-0.05, 0) is 37.5 Å². The highest BCUT2D eigenvalue weighted by atomic mass is 35.5. The summed E-state index contributed by atoms with van der Waals surface area (Å²) in [7, 11) is 0. The molecule has 0 radical (unpaired) electrons. The topological polar surface area (TPSA) is 21.3 Å². The van der Waals surface area contributed by atoms with Crippen LogP contribution in [-0.4, -0.2) is 18.8 Å². The van der Waals surface area contributed by atoms with Gasteiger partial charge >= 0.3 is 0 Å². The monoisotopic (exact) mass is 293 g/mol. The zero-order valence-corrected chi connectivity index (χ0v) is 13.3. The van der Waals surface area contributed by atoms with Gasteiger partial charge in [0.2, 0.25) is 0 Å². The molecule has 1 saturated carbocycles. The van der Waals surface area contributed by atoms with E-state index >= 15 is 0 Å². The summed E-state index contributed by atoms with van der Waals surface area (Å²) in [5.74, 6) is 0.675. The molecule has 3 rings (SSSR count). The molecule has 4 unspecified atom stereocenters. The van der Waals surface area contributed by atoms with Crippen molar-refractivity contribution in [3.05, 3.63) is 34.9 Å². The minimum atomic E-state index is 0.228. The first-order valence-corrected chi connectivity index (χ1v) is 8.01. The van der Waals surface area contributed by atoms with Gasteiger partial charge in [-0.25, -0.2) is 0 Å². The summed E-state index contributed by atoms with van der Waals surface area (Å²) >= 11 is 5.96. The van der Waals surface area contributed by atoms with Gasteiger partial charge in [-0.2, -0.15) is 0 Å². The van der Waals surface area contributed by atoms with E-state index in [-0.39, 0.29) is 5.41 Å². The Balaban J connectivity index is 1.69. The SMILES string of the molecule is CC(NC1C2CCCOC2C1(C)C)c1ccc(Cl)cc1. The van der Waals surface area contributed by atoms with E-state index in [0.29, 0.717) is 24.1 Å². The van der Waals surface area contributed by atoms with Gasteiger partial charge < -0.3 is 10.1 Å². The van der Waals surface area contributed by atoms with Crippen LogP contribution in [0.4, 0.5) is 0 Å². The molecule has 110 valence electrons. The van der Waals surface area contributed by atoms with Crippen molar-refractivity contribution < 1.29 is 4.74 Å². The Morgan fingerprint density at radius 2 is 2.00 bits per heavy atom. The van der Waals surface area contributed by atoms with Gasteiger partial charge in [0, 0.05) is 35.0 Å². The Kier molecular flexibility index (Phi) is 3.83. The molecule has 2 aliphatic rings. The molecule has 0 aromatic heterocycles. The second-order valence-corrected chi connectivity index (χ2v) is 7.27. The first kappa shape index (κ1) is 14.4. The molecule has 1 heterocycles. The van der Waals surface area contributed by atoms with E-state index in [1.807, 2.05) is 12.1 Å². The Morgan fingerprint density at radius 3 is 2.70 bits per heavy atom. The molecule has 1 aromatic carbocycles. The van der Waals surface area contributed by atoms with Crippen LogP contribution in [-0.2, 0) is 4.74 Å². The molecule has 1 aliphatic heterocycles. The molecule has 1 N–H and O–H groups in total. The molecular weight excluding hydrogens is 270 g/mol. The summed E-state index contributed by atoms with van der Waals surface area (Å²) in [6.07, 6.45) is 2.93. The van der Waals surface area contributed by atoms with Crippen LogP contribution in [0.3, 0.4) is 0 Å². The smallest absolute Gasteiger partial charge is 0.0684 e. The zero-order valence-electron chi connectivity index (χ0n) is 12.5. The zero-order chi connectivity index (χ0) is 14.3. The number of benzene rings is 1. The van der Waals surface area contributed by atoms with Gasteiger partial charge in [0.1, 0.15) is 0 Å². The van der Waals surface area contributed by atoms with Crippen molar-refractivity contribution in [3.8, 4) is 0 Å². The minimum absolute atomic E-state index is 0.228. The number of nitrogens with one attached hydrogen (secondary N) is 1. The molecule has 1 aliphatic carbocycles. The summed E-state index contributed by atoms with van der Waals surface area (Å²) in [4.78, 5) is 0. The van der Waals surface area contributed by atoms with Gasteiger partial charge in [0.05, 0.1) is 6.10 Å². The van der Waals surface area contributed by atoms with Gasteiger partial charge in [-0.1, -0.05) is 37.6 Å². The number of rotatable bonds is 3. The lowest BCUT2D eigenvalue weighted by molar-refractivity contribution is -0.194. The normalized spacial score (nSPS) is 33.1. The van der Waals surface area contributed by atoms with Crippen molar-refractivity contribution in [2.75, 3.05) is 6.61 Å². The molecule has 3 heteroatoms. The molecule has 0 amide bonds. The van der Waals surface area contributed by atoms with Crippen molar-refractivity contribution in [1.29, 1.82) is 0 Å². The molecule has 2 nitrogen and oxygen atoms in total. The number of fused-ring (bicyclic) bond motifs is 1. The minimum Gasteiger partial charge on any atom is -0.377 e. The highest BCUT2D eigenvalue weighted by Crippen LogP contribution is 2.51. The van der Waals surface area contributed by atoms with E-state index in [4.69, 9.17) is 16.3 Å². The number of hydrogen-bond acceptors (Lipinski definition) is 2. The third-order valence-corrected chi connectivity index (χ3v) is 5.38. The van der Waals surface area contributed by atoms with E-state index in [2.05, 4.69) is 38.2 Å². The van der Waals surface area contributed by atoms with E-state index in [9.17, 15) is 0 Å².